The molecule has 0 fully saturated rings. The third-order valence-electron chi connectivity index (χ3n) is 4.00. The monoisotopic (exact) mass is 482 g/mol. The number of amides is 1. The third-order valence-corrected chi connectivity index (χ3v) is 4.56. The number of anilines is 4. The molecule has 2 aromatic heterocycles. The summed E-state index contributed by atoms with van der Waals surface area (Å²) in [4.78, 5) is 26.5. The second-order valence-electron chi connectivity index (χ2n) is 6.60. The lowest BCUT2D eigenvalue weighted by Gasteiger charge is -2.15. The topological polar surface area (TPSA) is 165 Å². The van der Waals surface area contributed by atoms with Crippen LogP contribution >= 0.6 is 0 Å². The van der Waals surface area contributed by atoms with E-state index >= 15 is 0 Å². The molecule has 0 aliphatic heterocycles. The standard InChI is InChI=1S/C18H17F3N8O3S/c1-33(31,32)29-16-13(23-6-7-24-16)9-25-15-12(18(19,20)21)8-26-17(28-15)27-11-4-2-10(3-5-11)14(22)30/h2-8H,9H2,1H3,(H2,22,30)(H,24,29)(H2,25,26,27,28). The van der Waals surface area contributed by atoms with Gasteiger partial charge in [0.25, 0.3) is 0 Å². The van der Waals surface area contributed by atoms with E-state index < -0.39 is 33.5 Å². The Labute approximate surface area is 185 Å². The van der Waals surface area contributed by atoms with Crippen molar-refractivity contribution >= 4 is 39.2 Å². The van der Waals surface area contributed by atoms with Crippen LogP contribution in [0.15, 0.2) is 42.9 Å². The Hall–Kier alpha value is -4.01. The Kier molecular flexibility index (Phi) is 6.62. The summed E-state index contributed by atoms with van der Waals surface area (Å²) < 4.78 is 65.5. The van der Waals surface area contributed by atoms with Crippen LogP contribution in [0.25, 0.3) is 0 Å². The second kappa shape index (κ2) is 9.23. The van der Waals surface area contributed by atoms with E-state index in [4.69, 9.17) is 5.73 Å². The third kappa shape index (κ3) is 6.49. The molecule has 0 saturated carbocycles. The fourth-order valence-electron chi connectivity index (χ4n) is 2.56. The van der Waals surface area contributed by atoms with Gasteiger partial charge >= 0.3 is 6.18 Å². The van der Waals surface area contributed by atoms with Gasteiger partial charge in [0.15, 0.2) is 5.82 Å². The fourth-order valence-corrected chi connectivity index (χ4v) is 3.08. The molecule has 3 aromatic rings. The minimum atomic E-state index is -4.76. The van der Waals surface area contributed by atoms with Crippen LogP contribution in [0.5, 0.6) is 0 Å². The number of carbonyl (C=O) groups excluding carboxylic acids is 1. The first-order valence-electron chi connectivity index (χ1n) is 9.05. The summed E-state index contributed by atoms with van der Waals surface area (Å²) >= 11 is 0. The highest BCUT2D eigenvalue weighted by Crippen LogP contribution is 2.34. The molecule has 0 aliphatic rings. The van der Waals surface area contributed by atoms with Crippen molar-refractivity contribution in [2.24, 2.45) is 5.73 Å². The number of sulfonamides is 1. The van der Waals surface area contributed by atoms with Crippen molar-refractivity contribution in [3.05, 3.63) is 59.7 Å². The maximum Gasteiger partial charge on any atom is 0.421 e. The molecule has 0 bridgehead atoms. The number of aromatic nitrogens is 4. The fraction of sp³-hybridized carbons (Fsp3) is 0.167. The first-order chi connectivity index (χ1) is 15.4. The molecule has 33 heavy (non-hydrogen) atoms. The number of nitrogens with two attached hydrogens (primary N) is 1. The van der Waals surface area contributed by atoms with E-state index in [2.05, 4.69) is 35.3 Å². The predicted octanol–water partition coefficient (Wildman–Crippen LogP) is 2.11. The summed E-state index contributed by atoms with van der Waals surface area (Å²) in [5.74, 6) is -1.49. The van der Waals surface area contributed by atoms with Crippen LogP contribution in [0, 0.1) is 0 Å². The van der Waals surface area contributed by atoms with Crippen molar-refractivity contribution in [2.75, 3.05) is 21.6 Å². The van der Waals surface area contributed by atoms with E-state index in [0.29, 0.717) is 11.9 Å². The van der Waals surface area contributed by atoms with Crippen LogP contribution in [0.1, 0.15) is 21.6 Å². The van der Waals surface area contributed by atoms with Gasteiger partial charge in [0.1, 0.15) is 17.1 Å². The number of rotatable bonds is 8. The normalized spacial score (nSPS) is 11.6. The molecule has 1 amide bonds. The van der Waals surface area contributed by atoms with Crippen LogP contribution < -0.4 is 21.1 Å². The van der Waals surface area contributed by atoms with Crippen LogP contribution in [-0.4, -0.2) is 40.5 Å². The summed E-state index contributed by atoms with van der Waals surface area (Å²) in [6.45, 7) is -0.321. The number of alkyl halides is 3. The maximum atomic E-state index is 13.5. The summed E-state index contributed by atoms with van der Waals surface area (Å²) in [6.07, 6.45) is -0.771. The quantitative estimate of drug-likeness (QED) is 0.376. The van der Waals surface area contributed by atoms with Gasteiger partial charge in [-0.1, -0.05) is 0 Å². The number of nitrogens with zero attached hydrogens (tertiary/aromatic N) is 4. The Morgan fingerprint density at radius 2 is 1.73 bits per heavy atom. The molecule has 1 aromatic carbocycles. The number of nitrogens with one attached hydrogen (secondary N) is 3. The smallest absolute Gasteiger partial charge is 0.366 e. The first-order valence-corrected chi connectivity index (χ1v) is 10.9. The minimum absolute atomic E-state index is 0.0474. The molecule has 0 saturated heterocycles. The summed E-state index contributed by atoms with van der Waals surface area (Å²) in [6, 6.07) is 5.82. The lowest BCUT2D eigenvalue weighted by Crippen LogP contribution is -2.17. The molecule has 2 heterocycles. The Bertz CT molecular complexity index is 1270. The molecule has 11 nitrogen and oxygen atoms in total. The zero-order chi connectivity index (χ0) is 24.2. The lowest BCUT2D eigenvalue weighted by molar-refractivity contribution is -0.137. The molecular formula is C18H17F3N8O3S. The largest absolute Gasteiger partial charge is 0.421 e. The number of hydrogen-bond acceptors (Lipinski definition) is 9. The van der Waals surface area contributed by atoms with Crippen molar-refractivity contribution in [2.45, 2.75) is 12.7 Å². The number of hydrogen-bond donors (Lipinski definition) is 4. The Morgan fingerprint density at radius 1 is 1.06 bits per heavy atom. The summed E-state index contributed by atoms with van der Waals surface area (Å²) in [5, 5.41) is 5.23. The number of halogens is 3. The average Bonchev–Trinajstić information content (AvgIpc) is 2.72. The molecule has 0 spiro atoms. The molecule has 174 valence electrons. The van der Waals surface area contributed by atoms with Gasteiger partial charge in [0.05, 0.1) is 12.8 Å². The van der Waals surface area contributed by atoms with Gasteiger partial charge in [0.2, 0.25) is 21.9 Å². The van der Waals surface area contributed by atoms with Gasteiger partial charge in [-0.2, -0.15) is 18.2 Å². The highest BCUT2D eigenvalue weighted by molar-refractivity contribution is 7.92. The Morgan fingerprint density at radius 3 is 2.33 bits per heavy atom. The van der Waals surface area contributed by atoms with Gasteiger partial charge < -0.3 is 16.4 Å². The molecule has 0 radical (unpaired) electrons. The van der Waals surface area contributed by atoms with Gasteiger partial charge in [-0.25, -0.2) is 18.4 Å². The molecule has 5 N–H and O–H groups in total. The Balaban J connectivity index is 1.87. The van der Waals surface area contributed by atoms with Crippen LogP contribution in [0.2, 0.25) is 0 Å². The SMILES string of the molecule is CS(=O)(=O)Nc1nccnc1CNc1nc(Nc2ccc(C(N)=O)cc2)ncc1C(F)(F)F. The number of benzene rings is 1. The lowest BCUT2D eigenvalue weighted by atomic mass is 10.2. The van der Waals surface area contributed by atoms with Crippen molar-refractivity contribution < 1.29 is 26.4 Å². The average molecular weight is 482 g/mol. The molecule has 0 atom stereocenters. The zero-order valence-corrected chi connectivity index (χ0v) is 17.7. The van der Waals surface area contributed by atoms with E-state index in [1.165, 1.54) is 36.7 Å². The van der Waals surface area contributed by atoms with Crippen LogP contribution in [0.4, 0.5) is 36.4 Å². The van der Waals surface area contributed by atoms with E-state index in [-0.39, 0.29) is 29.6 Å². The maximum absolute atomic E-state index is 13.5. The highest BCUT2D eigenvalue weighted by Gasteiger charge is 2.35. The van der Waals surface area contributed by atoms with Crippen molar-refractivity contribution in [1.82, 2.24) is 19.9 Å². The van der Waals surface area contributed by atoms with E-state index in [1.807, 2.05) is 0 Å². The van der Waals surface area contributed by atoms with E-state index in [9.17, 15) is 26.4 Å². The minimum Gasteiger partial charge on any atom is -0.366 e. The number of carbonyl (C=O) groups is 1. The predicted molar refractivity (Wildman–Crippen MR) is 113 cm³/mol. The number of primary amides is 1. The van der Waals surface area contributed by atoms with Crippen molar-refractivity contribution in [3.8, 4) is 0 Å². The zero-order valence-electron chi connectivity index (χ0n) is 16.9. The van der Waals surface area contributed by atoms with Gasteiger partial charge in [-0.15, -0.1) is 0 Å². The van der Waals surface area contributed by atoms with Crippen molar-refractivity contribution in [3.63, 3.8) is 0 Å². The highest BCUT2D eigenvalue weighted by atomic mass is 32.2. The van der Waals surface area contributed by atoms with Gasteiger partial charge in [-0.05, 0) is 24.3 Å². The molecular weight excluding hydrogens is 465 g/mol. The van der Waals surface area contributed by atoms with Crippen LogP contribution in [0.3, 0.4) is 0 Å². The first kappa shape index (κ1) is 23.6. The molecule has 0 unspecified atom stereocenters. The molecule has 0 aliphatic carbocycles. The molecule has 3 rings (SSSR count). The van der Waals surface area contributed by atoms with Crippen molar-refractivity contribution in [1.29, 1.82) is 0 Å². The van der Waals surface area contributed by atoms with E-state index in [0.717, 1.165) is 6.26 Å². The summed E-state index contributed by atoms with van der Waals surface area (Å²) in [7, 11) is -3.69. The van der Waals surface area contributed by atoms with Crippen LogP contribution in [-0.2, 0) is 22.7 Å². The molecule has 15 heteroatoms. The van der Waals surface area contributed by atoms with E-state index in [1.54, 1.807) is 0 Å². The van der Waals surface area contributed by atoms with Gasteiger partial charge in [-0.3, -0.25) is 14.5 Å². The summed E-state index contributed by atoms with van der Waals surface area (Å²) in [5.41, 5.74) is 4.73. The second-order valence-corrected chi connectivity index (χ2v) is 8.35. The van der Waals surface area contributed by atoms with Gasteiger partial charge in [0, 0.05) is 29.8 Å².